The molecule has 2 nitrogen and oxygen atoms in total. The van der Waals surface area contributed by atoms with Crippen molar-refractivity contribution in [2.24, 2.45) is 5.73 Å². The lowest BCUT2D eigenvalue weighted by Crippen LogP contribution is -2.16. The van der Waals surface area contributed by atoms with Crippen molar-refractivity contribution in [1.29, 1.82) is 0 Å². The molecule has 0 radical (unpaired) electrons. The van der Waals surface area contributed by atoms with Crippen molar-refractivity contribution in [3.05, 3.63) is 28.2 Å². The molecule has 0 bridgehead atoms. The number of hydrogen-bond donors (Lipinski definition) is 1. The molecule has 18 heavy (non-hydrogen) atoms. The lowest BCUT2D eigenvalue weighted by molar-refractivity contribution is -0.136. The first-order valence-corrected chi connectivity index (χ1v) is 5.78. The zero-order chi connectivity index (χ0) is 13.1. The second kappa shape index (κ2) is 7.21. The third kappa shape index (κ3) is 5.46. The van der Waals surface area contributed by atoms with Gasteiger partial charge in [-0.15, -0.1) is 12.4 Å². The Labute approximate surface area is 118 Å². The van der Waals surface area contributed by atoms with E-state index in [0.29, 0.717) is 15.8 Å². The summed E-state index contributed by atoms with van der Waals surface area (Å²) in [6.45, 7) is 0. The maximum Gasteiger partial charge on any atom is 0.389 e. The SMILES string of the molecule is COc1ccc(Br)c([C@@H](N)CCC(F)(F)F)c1.Cl. The maximum atomic E-state index is 12.1. The lowest BCUT2D eigenvalue weighted by Gasteiger charge is -2.16. The third-order valence-electron chi connectivity index (χ3n) is 2.34. The summed E-state index contributed by atoms with van der Waals surface area (Å²) in [6, 6.07) is 4.40. The number of ether oxygens (including phenoxy) is 1. The number of benzene rings is 1. The van der Waals surface area contributed by atoms with Crippen LogP contribution in [-0.4, -0.2) is 13.3 Å². The van der Waals surface area contributed by atoms with Crippen molar-refractivity contribution in [3.8, 4) is 5.75 Å². The van der Waals surface area contributed by atoms with Gasteiger partial charge in [0.25, 0.3) is 0 Å². The predicted molar refractivity (Wildman–Crippen MR) is 70.2 cm³/mol. The Kier molecular flexibility index (Phi) is 7.02. The number of nitrogens with two attached hydrogens (primary N) is 1. The third-order valence-corrected chi connectivity index (χ3v) is 3.06. The highest BCUT2D eigenvalue weighted by Gasteiger charge is 2.28. The summed E-state index contributed by atoms with van der Waals surface area (Å²) in [7, 11) is 1.49. The van der Waals surface area contributed by atoms with Crippen molar-refractivity contribution in [2.75, 3.05) is 7.11 Å². The smallest absolute Gasteiger partial charge is 0.389 e. The van der Waals surface area contributed by atoms with Gasteiger partial charge < -0.3 is 10.5 Å². The Bertz CT molecular complexity index is 387. The molecule has 1 aromatic rings. The molecule has 104 valence electrons. The Morgan fingerprint density at radius 2 is 2.00 bits per heavy atom. The molecule has 1 atom stereocenters. The van der Waals surface area contributed by atoms with Crippen LogP contribution in [-0.2, 0) is 0 Å². The molecular weight excluding hydrogens is 334 g/mol. The van der Waals surface area contributed by atoms with Crippen LogP contribution in [0.15, 0.2) is 22.7 Å². The summed E-state index contributed by atoms with van der Waals surface area (Å²) in [5.41, 5.74) is 6.36. The molecule has 1 aromatic carbocycles. The fourth-order valence-corrected chi connectivity index (χ4v) is 1.95. The average Bonchev–Trinajstić information content (AvgIpc) is 2.25. The summed E-state index contributed by atoms with van der Waals surface area (Å²) in [5, 5.41) is 0. The molecule has 0 aromatic heterocycles. The minimum Gasteiger partial charge on any atom is -0.497 e. The minimum absolute atomic E-state index is 0. The zero-order valence-corrected chi connectivity index (χ0v) is 12.0. The first kappa shape index (κ1) is 17.5. The van der Waals surface area contributed by atoms with Gasteiger partial charge in [-0.25, -0.2) is 0 Å². The monoisotopic (exact) mass is 347 g/mol. The first-order chi connectivity index (χ1) is 7.83. The Morgan fingerprint density at radius 3 is 2.50 bits per heavy atom. The molecule has 0 heterocycles. The lowest BCUT2D eigenvalue weighted by atomic mass is 10.0. The number of rotatable bonds is 4. The van der Waals surface area contributed by atoms with Crippen molar-refractivity contribution >= 4 is 28.3 Å². The second-order valence-corrected chi connectivity index (χ2v) is 4.50. The molecule has 0 aliphatic heterocycles. The van der Waals surface area contributed by atoms with E-state index in [9.17, 15) is 13.2 Å². The summed E-state index contributed by atoms with van der Waals surface area (Å²) >= 11 is 3.26. The molecule has 0 unspecified atom stereocenters. The van der Waals surface area contributed by atoms with Crippen LogP contribution in [0.3, 0.4) is 0 Å². The Morgan fingerprint density at radius 1 is 1.39 bits per heavy atom. The number of hydrogen-bond acceptors (Lipinski definition) is 2. The number of alkyl halides is 3. The van der Waals surface area contributed by atoms with E-state index in [2.05, 4.69) is 15.9 Å². The maximum absolute atomic E-state index is 12.1. The molecule has 0 spiro atoms. The van der Waals surface area contributed by atoms with Crippen molar-refractivity contribution in [2.45, 2.75) is 25.1 Å². The molecule has 0 amide bonds. The van der Waals surface area contributed by atoms with Crippen LogP contribution in [0.5, 0.6) is 5.75 Å². The van der Waals surface area contributed by atoms with E-state index < -0.39 is 18.6 Å². The molecule has 1 rings (SSSR count). The van der Waals surface area contributed by atoms with Gasteiger partial charge in [0.15, 0.2) is 0 Å². The minimum atomic E-state index is -4.18. The fraction of sp³-hybridized carbons (Fsp3) is 0.455. The van der Waals surface area contributed by atoms with E-state index in [1.54, 1.807) is 18.2 Å². The Hall–Kier alpha value is -0.460. The second-order valence-electron chi connectivity index (χ2n) is 3.65. The normalized spacial score (nSPS) is 12.8. The average molecular weight is 349 g/mol. The van der Waals surface area contributed by atoms with E-state index in [1.165, 1.54) is 7.11 Å². The van der Waals surface area contributed by atoms with Gasteiger partial charge in [0.1, 0.15) is 5.75 Å². The van der Waals surface area contributed by atoms with Crippen molar-refractivity contribution in [1.82, 2.24) is 0 Å². The number of methoxy groups -OCH3 is 1. The van der Waals surface area contributed by atoms with Gasteiger partial charge >= 0.3 is 6.18 Å². The van der Waals surface area contributed by atoms with Gasteiger partial charge in [0, 0.05) is 16.9 Å². The van der Waals surface area contributed by atoms with Crippen LogP contribution in [0.2, 0.25) is 0 Å². The molecule has 0 fully saturated rings. The van der Waals surface area contributed by atoms with Crippen molar-refractivity contribution < 1.29 is 17.9 Å². The van der Waals surface area contributed by atoms with Crippen LogP contribution in [0.4, 0.5) is 13.2 Å². The Balaban J connectivity index is 0.00000289. The molecule has 0 aliphatic carbocycles. The van der Waals surface area contributed by atoms with Crippen molar-refractivity contribution in [3.63, 3.8) is 0 Å². The highest BCUT2D eigenvalue weighted by molar-refractivity contribution is 9.10. The summed E-state index contributed by atoms with van der Waals surface area (Å²) < 4.78 is 42.0. The van der Waals surface area contributed by atoms with Crippen LogP contribution in [0.1, 0.15) is 24.4 Å². The first-order valence-electron chi connectivity index (χ1n) is 4.99. The quantitative estimate of drug-likeness (QED) is 0.884. The van der Waals surface area contributed by atoms with E-state index in [1.807, 2.05) is 0 Å². The van der Waals surface area contributed by atoms with E-state index in [-0.39, 0.29) is 18.8 Å². The van der Waals surface area contributed by atoms with Crippen LogP contribution in [0, 0.1) is 0 Å². The van der Waals surface area contributed by atoms with Gasteiger partial charge in [-0.2, -0.15) is 13.2 Å². The summed E-state index contributed by atoms with van der Waals surface area (Å²) in [5.74, 6) is 0.575. The van der Waals surface area contributed by atoms with E-state index in [4.69, 9.17) is 10.5 Å². The predicted octanol–water partition coefficient (Wildman–Crippen LogP) is 4.22. The van der Waals surface area contributed by atoms with Gasteiger partial charge in [0.2, 0.25) is 0 Å². The van der Waals surface area contributed by atoms with Crippen LogP contribution >= 0.6 is 28.3 Å². The molecule has 0 aliphatic rings. The molecule has 0 saturated carbocycles. The van der Waals surface area contributed by atoms with Gasteiger partial charge in [-0.05, 0) is 30.2 Å². The van der Waals surface area contributed by atoms with Crippen LogP contribution < -0.4 is 10.5 Å². The molecule has 0 saturated heterocycles. The largest absolute Gasteiger partial charge is 0.497 e. The van der Waals surface area contributed by atoms with Gasteiger partial charge in [-0.1, -0.05) is 15.9 Å². The fourth-order valence-electron chi connectivity index (χ4n) is 1.41. The van der Waals surface area contributed by atoms with Gasteiger partial charge in [-0.3, -0.25) is 0 Å². The summed E-state index contributed by atoms with van der Waals surface area (Å²) in [6.07, 6.45) is -5.21. The van der Waals surface area contributed by atoms with Crippen LogP contribution in [0.25, 0.3) is 0 Å². The molecule has 2 N–H and O–H groups in total. The van der Waals surface area contributed by atoms with E-state index in [0.717, 1.165) is 0 Å². The summed E-state index contributed by atoms with van der Waals surface area (Å²) in [4.78, 5) is 0. The molecular formula is C11H14BrClF3NO. The number of halogens is 5. The topological polar surface area (TPSA) is 35.2 Å². The van der Waals surface area contributed by atoms with Gasteiger partial charge in [0.05, 0.1) is 7.11 Å². The zero-order valence-electron chi connectivity index (χ0n) is 9.63. The standard InChI is InChI=1S/C11H13BrF3NO.ClH/c1-17-7-2-3-9(12)8(6-7)10(16)4-5-11(13,14)15;/h2-3,6,10H,4-5,16H2,1H3;1H/t10-;/m0./s1. The van der Waals surface area contributed by atoms with E-state index >= 15 is 0 Å². The highest BCUT2D eigenvalue weighted by atomic mass is 79.9. The molecule has 7 heteroatoms. The highest BCUT2D eigenvalue weighted by Crippen LogP contribution is 2.31.